The van der Waals surface area contributed by atoms with Gasteiger partial charge in [-0.2, -0.15) is 13.2 Å². The molecule has 6 heteroatoms. The fourth-order valence-electron chi connectivity index (χ4n) is 3.23. The number of carbonyl (C=O) groups excluding carboxylic acids is 1. The summed E-state index contributed by atoms with van der Waals surface area (Å²) >= 11 is 0. The van der Waals surface area contributed by atoms with Crippen LogP contribution in [0, 0.1) is 0 Å². The molecule has 1 unspecified atom stereocenters. The monoisotopic (exact) mass is 377 g/mol. The SMILES string of the molecule is CC(Oc1ccc2c(c1)CCCC2)C(=O)NCc1cccc(C(F)(F)F)c1. The lowest BCUT2D eigenvalue weighted by Gasteiger charge is -2.19. The van der Waals surface area contributed by atoms with E-state index in [-0.39, 0.29) is 12.5 Å². The van der Waals surface area contributed by atoms with E-state index in [9.17, 15) is 18.0 Å². The van der Waals surface area contributed by atoms with E-state index in [0.29, 0.717) is 11.3 Å². The molecular formula is C21H22F3NO2. The number of alkyl halides is 3. The van der Waals surface area contributed by atoms with E-state index < -0.39 is 17.8 Å². The van der Waals surface area contributed by atoms with Gasteiger partial charge in [0.2, 0.25) is 0 Å². The average molecular weight is 377 g/mol. The molecule has 1 atom stereocenters. The number of fused-ring (bicyclic) bond motifs is 1. The Bertz CT molecular complexity index is 817. The van der Waals surface area contributed by atoms with E-state index in [1.807, 2.05) is 18.2 Å². The van der Waals surface area contributed by atoms with Crippen molar-refractivity contribution in [2.45, 2.75) is 51.4 Å². The van der Waals surface area contributed by atoms with Crippen LogP contribution in [0.3, 0.4) is 0 Å². The minimum atomic E-state index is -4.40. The second-order valence-corrected chi connectivity index (χ2v) is 6.81. The lowest BCUT2D eigenvalue weighted by molar-refractivity contribution is -0.137. The van der Waals surface area contributed by atoms with Crippen LogP contribution in [-0.2, 0) is 30.4 Å². The zero-order chi connectivity index (χ0) is 19.4. The molecule has 0 heterocycles. The molecular weight excluding hydrogens is 355 g/mol. The third-order valence-corrected chi connectivity index (χ3v) is 4.72. The molecule has 27 heavy (non-hydrogen) atoms. The number of carbonyl (C=O) groups is 1. The van der Waals surface area contributed by atoms with E-state index in [4.69, 9.17) is 4.74 Å². The summed E-state index contributed by atoms with van der Waals surface area (Å²) < 4.78 is 44.0. The summed E-state index contributed by atoms with van der Waals surface area (Å²) in [4.78, 5) is 12.2. The van der Waals surface area contributed by atoms with Crippen molar-refractivity contribution in [1.82, 2.24) is 5.32 Å². The molecule has 1 aliphatic carbocycles. The Morgan fingerprint density at radius 1 is 1.11 bits per heavy atom. The van der Waals surface area contributed by atoms with Gasteiger partial charge in [0.15, 0.2) is 6.10 Å². The molecule has 0 radical (unpaired) electrons. The van der Waals surface area contributed by atoms with Crippen molar-refractivity contribution in [1.29, 1.82) is 0 Å². The maximum Gasteiger partial charge on any atom is 0.416 e. The molecule has 2 aromatic rings. The smallest absolute Gasteiger partial charge is 0.416 e. The zero-order valence-electron chi connectivity index (χ0n) is 15.1. The topological polar surface area (TPSA) is 38.3 Å². The number of nitrogens with one attached hydrogen (secondary N) is 1. The van der Waals surface area contributed by atoms with Gasteiger partial charge in [0.25, 0.3) is 5.91 Å². The predicted octanol–water partition coefficient (Wildman–Crippen LogP) is 4.67. The standard InChI is InChI=1S/C21H22F3NO2/c1-14(27-19-10-9-16-6-2-3-7-17(16)12-19)20(26)25-13-15-5-4-8-18(11-15)21(22,23)24/h4-5,8-12,14H,2-3,6-7,13H2,1H3,(H,25,26). The number of hydrogen-bond donors (Lipinski definition) is 1. The van der Waals surface area contributed by atoms with Gasteiger partial charge in [-0.15, -0.1) is 0 Å². The fraction of sp³-hybridized carbons (Fsp3) is 0.381. The Morgan fingerprint density at radius 2 is 1.85 bits per heavy atom. The lowest BCUT2D eigenvalue weighted by atomic mass is 9.92. The Labute approximate surface area is 156 Å². The van der Waals surface area contributed by atoms with Gasteiger partial charge in [-0.25, -0.2) is 0 Å². The summed E-state index contributed by atoms with van der Waals surface area (Å²) in [5.41, 5.74) is 2.25. The van der Waals surface area contributed by atoms with Crippen molar-refractivity contribution in [2.75, 3.05) is 0 Å². The van der Waals surface area contributed by atoms with E-state index in [0.717, 1.165) is 31.4 Å². The van der Waals surface area contributed by atoms with Gasteiger partial charge in [-0.1, -0.05) is 18.2 Å². The van der Waals surface area contributed by atoms with Crippen molar-refractivity contribution in [3.63, 3.8) is 0 Å². The van der Waals surface area contributed by atoms with Crippen molar-refractivity contribution < 1.29 is 22.7 Å². The quantitative estimate of drug-likeness (QED) is 0.823. The minimum Gasteiger partial charge on any atom is -0.481 e. The third kappa shape index (κ3) is 5.02. The number of hydrogen-bond acceptors (Lipinski definition) is 2. The maximum absolute atomic E-state index is 12.7. The molecule has 0 fully saturated rings. The number of ether oxygens (including phenoxy) is 1. The van der Waals surface area contributed by atoms with Crippen LogP contribution < -0.4 is 10.1 Å². The van der Waals surface area contributed by atoms with E-state index >= 15 is 0 Å². The largest absolute Gasteiger partial charge is 0.481 e. The molecule has 1 N–H and O–H groups in total. The molecule has 0 bridgehead atoms. The first-order valence-corrected chi connectivity index (χ1v) is 9.05. The van der Waals surface area contributed by atoms with E-state index in [1.165, 1.54) is 23.6 Å². The van der Waals surface area contributed by atoms with Gasteiger partial charge in [0.1, 0.15) is 5.75 Å². The Kier molecular flexibility index (Phi) is 5.73. The van der Waals surface area contributed by atoms with E-state index in [1.54, 1.807) is 13.0 Å². The predicted molar refractivity (Wildman–Crippen MR) is 96.5 cm³/mol. The summed E-state index contributed by atoms with van der Waals surface area (Å²) in [6, 6.07) is 10.8. The van der Waals surface area contributed by atoms with Gasteiger partial charge in [0, 0.05) is 6.54 Å². The second-order valence-electron chi connectivity index (χ2n) is 6.81. The number of rotatable bonds is 5. The zero-order valence-corrected chi connectivity index (χ0v) is 15.1. The van der Waals surface area contributed by atoms with Crippen LogP contribution in [0.25, 0.3) is 0 Å². The summed E-state index contributed by atoms with van der Waals surface area (Å²) in [5, 5.41) is 2.63. The van der Waals surface area contributed by atoms with Crippen LogP contribution in [0.1, 0.15) is 42.0 Å². The molecule has 0 aliphatic heterocycles. The molecule has 3 nitrogen and oxygen atoms in total. The van der Waals surface area contributed by atoms with Gasteiger partial charge in [0.05, 0.1) is 5.56 Å². The highest BCUT2D eigenvalue weighted by Gasteiger charge is 2.30. The highest BCUT2D eigenvalue weighted by Crippen LogP contribution is 2.29. The van der Waals surface area contributed by atoms with Crippen LogP contribution in [0.5, 0.6) is 5.75 Å². The molecule has 0 aromatic heterocycles. The van der Waals surface area contributed by atoms with Crippen LogP contribution in [0.15, 0.2) is 42.5 Å². The third-order valence-electron chi connectivity index (χ3n) is 4.72. The normalized spacial score (nSPS) is 15.0. The Balaban J connectivity index is 1.57. The maximum atomic E-state index is 12.7. The molecule has 144 valence electrons. The highest BCUT2D eigenvalue weighted by atomic mass is 19.4. The Morgan fingerprint density at radius 3 is 2.59 bits per heavy atom. The number of benzene rings is 2. The van der Waals surface area contributed by atoms with Gasteiger partial charge < -0.3 is 10.1 Å². The first-order chi connectivity index (χ1) is 12.8. The second kappa shape index (κ2) is 8.03. The van der Waals surface area contributed by atoms with E-state index in [2.05, 4.69) is 5.32 Å². The summed E-state index contributed by atoms with van der Waals surface area (Å²) in [7, 11) is 0. The number of amides is 1. The summed E-state index contributed by atoms with van der Waals surface area (Å²) in [6.45, 7) is 1.64. The number of aryl methyl sites for hydroxylation is 2. The highest BCUT2D eigenvalue weighted by molar-refractivity contribution is 5.80. The van der Waals surface area contributed by atoms with Crippen LogP contribution in [0.2, 0.25) is 0 Å². The van der Waals surface area contributed by atoms with Crippen LogP contribution in [-0.4, -0.2) is 12.0 Å². The van der Waals surface area contributed by atoms with Crippen molar-refractivity contribution in [3.8, 4) is 5.75 Å². The van der Waals surface area contributed by atoms with Gasteiger partial charge >= 0.3 is 6.18 Å². The molecule has 1 amide bonds. The first-order valence-electron chi connectivity index (χ1n) is 9.05. The first kappa shape index (κ1) is 19.3. The van der Waals surface area contributed by atoms with Crippen LogP contribution in [0.4, 0.5) is 13.2 Å². The fourth-order valence-corrected chi connectivity index (χ4v) is 3.23. The van der Waals surface area contributed by atoms with Crippen LogP contribution >= 0.6 is 0 Å². The van der Waals surface area contributed by atoms with Gasteiger partial charge in [-0.05, 0) is 73.6 Å². The van der Waals surface area contributed by atoms with Crippen molar-refractivity contribution in [2.24, 2.45) is 0 Å². The van der Waals surface area contributed by atoms with Crippen molar-refractivity contribution >= 4 is 5.91 Å². The molecule has 0 saturated heterocycles. The van der Waals surface area contributed by atoms with Crippen molar-refractivity contribution in [3.05, 3.63) is 64.7 Å². The molecule has 0 saturated carbocycles. The summed E-state index contributed by atoms with van der Waals surface area (Å²) in [6.07, 6.45) is -0.698. The average Bonchev–Trinajstić information content (AvgIpc) is 2.65. The lowest BCUT2D eigenvalue weighted by Crippen LogP contribution is -2.36. The molecule has 2 aromatic carbocycles. The molecule has 0 spiro atoms. The summed E-state index contributed by atoms with van der Waals surface area (Å²) in [5.74, 6) is 0.266. The molecule has 1 aliphatic rings. The Hall–Kier alpha value is -2.50. The number of halogens is 3. The van der Waals surface area contributed by atoms with Gasteiger partial charge in [-0.3, -0.25) is 4.79 Å². The molecule has 3 rings (SSSR count). The minimum absolute atomic E-state index is 0.0145.